The SMILES string of the molecule is Cc1cccc(CC(O)CC23CC4CC(CC(C4)C2)C3)c1. The van der Waals surface area contributed by atoms with Gasteiger partial charge in [-0.2, -0.15) is 0 Å². The highest BCUT2D eigenvalue weighted by Gasteiger charge is 2.51. The molecule has 1 N–H and O–H groups in total. The molecule has 1 heteroatoms. The number of aryl methyl sites for hydroxylation is 1. The van der Waals surface area contributed by atoms with Crippen LogP contribution in [0.2, 0.25) is 0 Å². The number of aliphatic hydroxyl groups is 1. The fraction of sp³-hybridized carbons (Fsp3) is 0.700. The van der Waals surface area contributed by atoms with Gasteiger partial charge in [0.25, 0.3) is 0 Å². The molecule has 4 saturated carbocycles. The summed E-state index contributed by atoms with van der Waals surface area (Å²) in [4.78, 5) is 0. The lowest BCUT2D eigenvalue weighted by Gasteiger charge is -2.57. The van der Waals surface area contributed by atoms with Gasteiger partial charge in [0.1, 0.15) is 0 Å². The lowest BCUT2D eigenvalue weighted by Crippen LogP contribution is -2.47. The maximum Gasteiger partial charge on any atom is 0.0585 e. The third-order valence-corrected chi connectivity index (χ3v) is 6.39. The average molecular weight is 284 g/mol. The summed E-state index contributed by atoms with van der Waals surface area (Å²) in [5.41, 5.74) is 3.10. The van der Waals surface area contributed by atoms with Crippen molar-refractivity contribution in [2.24, 2.45) is 23.2 Å². The highest BCUT2D eigenvalue weighted by molar-refractivity contribution is 5.22. The molecule has 4 bridgehead atoms. The van der Waals surface area contributed by atoms with E-state index in [4.69, 9.17) is 0 Å². The van der Waals surface area contributed by atoms with Crippen molar-refractivity contribution in [1.29, 1.82) is 0 Å². The summed E-state index contributed by atoms with van der Waals surface area (Å²) in [6.45, 7) is 2.13. The number of benzene rings is 1. The van der Waals surface area contributed by atoms with Gasteiger partial charge < -0.3 is 5.11 Å². The van der Waals surface area contributed by atoms with Crippen LogP contribution in [-0.4, -0.2) is 11.2 Å². The van der Waals surface area contributed by atoms with E-state index in [1.807, 2.05) is 0 Å². The van der Waals surface area contributed by atoms with Crippen LogP contribution >= 0.6 is 0 Å². The van der Waals surface area contributed by atoms with Crippen molar-refractivity contribution in [3.8, 4) is 0 Å². The van der Waals surface area contributed by atoms with E-state index in [1.54, 1.807) is 0 Å². The van der Waals surface area contributed by atoms with Crippen molar-refractivity contribution < 1.29 is 5.11 Å². The van der Waals surface area contributed by atoms with Gasteiger partial charge in [-0.3, -0.25) is 0 Å². The molecule has 0 amide bonds. The van der Waals surface area contributed by atoms with Crippen molar-refractivity contribution in [3.05, 3.63) is 35.4 Å². The van der Waals surface area contributed by atoms with Gasteiger partial charge in [0.15, 0.2) is 0 Å². The summed E-state index contributed by atoms with van der Waals surface area (Å²) < 4.78 is 0. The van der Waals surface area contributed by atoms with Gasteiger partial charge in [-0.15, -0.1) is 0 Å². The minimum absolute atomic E-state index is 0.150. The second-order valence-electron chi connectivity index (χ2n) is 8.47. The zero-order valence-corrected chi connectivity index (χ0v) is 13.2. The van der Waals surface area contributed by atoms with Crippen LogP contribution in [0.5, 0.6) is 0 Å². The second-order valence-corrected chi connectivity index (χ2v) is 8.47. The zero-order chi connectivity index (χ0) is 14.4. The normalized spacial score (nSPS) is 38.7. The van der Waals surface area contributed by atoms with Crippen molar-refractivity contribution in [2.75, 3.05) is 0 Å². The highest BCUT2D eigenvalue weighted by atomic mass is 16.3. The van der Waals surface area contributed by atoms with Gasteiger partial charge in [-0.05, 0) is 87.0 Å². The van der Waals surface area contributed by atoms with Crippen molar-refractivity contribution >= 4 is 0 Å². The third-order valence-electron chi connectivity index (χ3n) is 6.39. The molecule has 0 spiro atoms. The maximum atomic E-state index is 10.7. The van der Waals surface area contributed by atoms with E-state index >= 15 is 0 Å². The number of hydrogen-bond donors (Lipinski definition) is 1. The Morgan fingerprint density at radius 3 is 2.29 bits per heavy atom. The summed E-state index contributed by atoms with van der Waals surface area (Å²) in [7, 11) is 0. The Morgan fingerprint density at radius 1 is 1.10 bits per heavy atom. The topological polar surface area (TPSA) is 20.2 Å². The summed E-state index contributed by atoms with van der Waals surface area (Å²) in [6, 6.07) is 8.63. The van der Waals surface area contributed by atoms with Gasteiger partial charge in [0.05, 0.1) is 6.10 Å². The third kappa shape index (κ3) is 2.77. The Bertz CT molecular complexity index is 483. The first kappa shape index (κ1) is 13.8. The number of rotatable bonds is 4. The van der Waals surface area contributed by atoms with Crippen LogP contribution in [0.3, 0.4) is 0 Å². The van der Waals surface area contributed by atoms with Crippen molar-refractivity contribution in [1.82, 2.24) is 0 Å². The Morgan fingerprint density at radius 2 is 1.71 bits per heavy atom. The molecule has 1 atom stereocenters. The molecule has 0 aromatic heterocycles. The fourth-order valence-electron chi connectivity index (χ4n) is 6.22. The minimum atomic E-state index is -0.150. The molecule has 4 aliphatic carbocycles. The lowest BCUT2D eigenvalue weighted by atomic mass is 9.48. The van der Waals surface area contributed by atoms with Crippen LogP contribution < -0.4 is 0 Å². The van der Waals surface area contributed by atoms with Crippen LogP contribution in [0.4, 0.5) is 0 Å². The Labute approximate surface area is 128 Å². The van der Waals surface area contributed by atoms with E-state index in [1.165, 1.54) is 49.7 Å². The summed E-state index contributed by atoms with van der Waals surface area (Å²) in [5.74, 6) is 2.97. The molecule has 0 radical (unpaired) electrons. The zero-order valence-electron chi connectivity index (χ0n) is 13.2. The largest absolute Gasteiger partial charge is 0.393 e. The van der Waals surface area contributed by atoms with E-state index in [-0.39, 0.29) is 6.10 Å². The van der Waals surface area contributed by atoms with Gasteiger partial charge in [-0.1, -0.05) is 29.8 Å². The van der Waals surface area contributed by atoms with Gasteiger partial charge in [-0.25, -0.2) is 0 Å². The van der Waals surface area contributed by atoms with Gasteiger partial charge in [0, 0.05) is 0 Å². The molecule has 5 rings (SSSR count). The molecule has 0 heterocycles. The highest BCUT2D eigenvalue weighted by Crippen LogP contribution is 2.61. The summed E-state index contributed by atoms with van der Waals surface area (Å²) in [6.07, 6.45) is 10.4. The monoisotopic (exact) mass is 284 g/mol. The van der Waals surface area contributed by atoms with Gasteiger partial charge >= 0.3 is 0 Å². The molecule has 1 aromatic carbocycles. The Kier molecular flexibility index (Phi) is 3.37. The molecule has 1 unspecified atom stereocenters. The maximum absolute atomic E-state index is 10.7. The summed E-state index contributed by atoms with van der Waals surface area (Å²) >= 11 is 0. The van der Waals surface area contributed by atoms with E-state index < -0.39 is 0 Å². The van der Waals surface area contributed by atoms with E-state index in [0.717, 1.165) is 30.6 Å². The predicted octanol–water partition coefficient (Wildman–Crippen LogP) is 4.50. The molecule has 21 heavy (non-hydrogen) atoms. The van der Waals surface area contributed by atoms with Gasteiger partial charge in [0.2, 0.25) is 0 Å². The second kappa shape index (κ2) is 5.12. The first-order valence-corrected chi connectivity index (χ1v) is 8.84. The van der Waals surface area contributed by atoms with Crippen LogP contribution in [0.1, 0.15) is 56.1 Å². The molecule has 1 nitrogen and oxygen atoms in total. The lowest BCUT2D eigenvalue weighted by molar-refractivity contribution is -0.0756. The average Bonchev–Trinajstić information content (AvgIpc) is 2.35. The predicted molar refractivity (Wildman–Crippen MR) is 86.1 cm³/mol. The summed E-state index contributed by atoms with van der Waals surface area (Å²) in [5, 5.41) is 10.7. The van der Waals surface area contributed by atoms with E-state index in [2.05, 4.69) is 31.2 Å². The van der Waals surface area contributed by atoms with Crippen LogP contribution in [0, 0.1) is 30.1 Å². The van der Waals surface area contributed by atoms with Crippen molar-refractivity contribution in [3.63, 3.8) is 0 Å². The number of aliphatic hydroxyl groups excluding tert-OH is 1. The standard InChI is InChI=1S/C20H28O/c1-14-3-2-4-15(5-14)9-19(21)13-20-10-16-6-17(11-20)8-18(7-16)12-20/h2-5,16-19,21H,6-13H2,1H3. The molecule has 0 saturated heterocycles. The molecular weight excluding hydrogens is 256 g/mol. The Balaban J connectivity index is 1.43. The minimum Gasteiger partial charge on any atom is -0.393 e. The molecular formula is C20H28O. The van der Waals surface area contributed by atoms with E-state index in [0.29, 0.717) is 5.41 Å². The van der Waals surface area contributed by atoms with Crippen LogP contribution in [-0.2, 0) is 6.42 Å². The smallest absolute Gasteiger partial charge is 0.0585 e. The van der Waals surface area contributed by atoms with Crippen LogP contribution in [0.15, 0.2) is 24.3 Å². The first-order valence-electron chi connectivity index (χ1n) is 8.84. The fourth-order valence-corrected chi connectivity index (χ4v) is 6.22. The first-order chi connectivity index (χ1) is 10.1. The Hall–Kier alpha value is -0.820. The molecule has 4 aliphatic rings. The molecule has 1 aromatic rings. The molecule has 4 fully saturated rings. The van der Waals surface area contributed by atoms with E-state index in [9.17, 15) is 5.11 Å². The quantitative estimate of drug-likeness (QED) is 0.863. The van der Waals surface area contributed by atoms with Crippen molar-refractivity contribution in [2.45, 2.75) is 64.4 Å². The molecule has 114 valence electrons. The number of hydrogen-bond acceptors (Lipinski definition) is 1. The molecule has 0 aliphatic heterocycles. The van der Waals surface area contributed by atoms with Crippen LogP contribution in [0.25, 0.3) is 0 Å².